The Labute approximate surface area is 111 Å². The Balaban J connectivity index is 2.70. The van der Waals surface area contributed by atoms with E-state index in [0.717, 1.165) is 10.9 Å². The van der Waals surface area contributed by atoms with Crippen LogP contribution in [0.2, 0.25) is 0 Å². The van der Waals surface area contributed by atoms with Gasteiger partial charge < -0.3 is 11.1 Å². The van der Waals surface area contributed by atoms with Gasteiger partial charge in [0.25, 0.3) is 5.91 Å². The molecule has 0 saturated carbocycles. The molecule has 0 aromatic heterocycles. The topological polar surface area (TPSA) is 55.1 Å². The van der Waals surface area contributed by atoms with Gasteiger partial charge in [-0.2, -0.15) is 0 Å². The molecule has 0 fully saturated rings. The van der Waals surface area contributed by atoms with E-state index in [0.29, 0.717) is 17.8 Å². The van der Waals surface area contributed by atoms with Gasteiger partial charge in [-0.05, 0) is 30.0 Å². The maximum absolute atomic E-state index is 11.9. The molecular weight excluding hydrogens is 280 g/mol. The third kappa shape index (κ3) is 4.38. The molecule has 0 atom stereocenters. The highest BCUT2D eigenvalue weighted by Gasteiger charge is 2.16. The number of nitrogens with two attached hydrogens (primary N) is 1. The Morgan fingerprint density at radius 1 is 1.41 bits per heavy atom. The second kappa shape index (κ2) is 5.54. The Bertz CT molecular complexity index is 396. The fourth-order valence-corrected chi connectivity index (χ4v) is 1.80. The average Bonchev–Trinajstić information content (AvgIpc) is 2.24. The first-order valence-electron chi connectivity index (χ1n) is 5.68. The summed E-state index contributed by atoms with van der Waals surface area (Å²) in [5.74, 6) is -0.0838. The van der Waals surface area contributed by atoms with E-state index in [9.17, 15) is 4.79 Å². The van der Waals surface area contributed by atoms with Crippen LogP contribution in [0.3, 0.4) is 0 Å². The van der Waals surface area contributed by atoms with Crippen LogP contribution in [0.5, 0.6) is 0 Å². The molecule has 4 heteroatoms. The molecule has 0 heterocycles. The van der Waals surface area contributed by atoms with E-state index in [-0.39, 0.29) is 11.3 Å². The number of benzene rings is 1. The van der Waals surface area contributed by atoms with Crippen molar-refractivity contribution >= 4 is 27.5 Å². The molecule has 1 aromatic carbocycles. The second-order valence-corrected chi connectivity index (χ2v) is 5.89. The molecule has 0 spiro atoms. The number of nitrogens with one attached hydrogen (secondary N) is 1. The van der Waals surface area contributed by atoms with Crippen LogP contribution >= 0.6 is 15.9 Å². The highest BCUT2D eigenvalue weighted by atomic mass is 79.9. The summed E-state index contributed by atoms with van der Waals surface area (Å²) < 4.78 is 0.817. The van der Waals surface area contributed by atoms with Crippen LogP contribution in [0.1, 0.15) is 37.6 Å². The van der Waals surface area contributed by atoms with Gasteiger partial charge in [0, 0.05) is 22.3 Å². The molecule has 0 saturated heterocycles. The summed E-state index contributed by atoms with van der Waals surface area (Å²) in [6.45, 7) is 7.03. The maximum atomic E-state index is 11.9. The quantitative estimate of drug-likeness (QED) is 0.839. The van der Waals surface area contributed by atoms with E-state index >= 15 is 0 Å². The van der Waals surface area contributed by atoms with Crippen LogP contribution in [0.15, 0.2) is 22.7 Å². The molecule has 0 aliphatic heterocycles. The number of anilines is 1. The molecule has 0 bridgehead atoms. The maximum Gasteiger partial charge on any atom is 0.251 e. The zero-order valence-electron chi connectivity index (χ0n) is 10.5. The lowest BCUT2D eigenvalue weighted by molar-refractivity contribution is 0.0935. The van der Waals surface area contributed by atoms with Gasteiger partial charge in [0.1, 0.15) is 0 Å². The third-order valence-corrected chi connectivity index (χ3v) is 3.32. The molecule has 1 aromatic rings. The number of carbonyl (C=O) groups excluding carboxylic acids is 1. The Hall–Kier alpha value is -1.03. The van der Waals surface area contributed by atoms with Crippen LogP contribution in [0.4, 0.5) is 5.69 Å². The standard InChI is InChI=1S/C13H19BrN2O/c1-4-13(2,3)8-16-12(17)9-5-10(14)7-11(15)6-9/h5-7H,4,8,15H2,1-3H3,(H,16,17). The molecule has 94 valence electrons. The van der Waals surface area contributed by atoms with E-state index < -0.39 is 0 Å². The first-order valence-corrected chi connectivity index (χ1v) is 6.47. The van der Waals surface area contributed by atoms with Gasteiger partial charge in [0.05, 0.1) is 0 Å². The number of hydrogen-bond donors (Lipinski definition) is 2. The van der Waals surface area contributed by atoms with Crippen LogP contribution in [-0.2, 0) is 0 Å². The van der Waals surface area contributed by atoms with Crippen molar-refractivity contribution in [3.8, 4) is 0 Å². The van der Waals surface area contributed by atoms with Crippen molar-refractivity contribution in [3.63, 3.8) is 0 Å². The summed E-state index contributed by atoms with van der Waals surface area (Å²) in [7, 11) is 0. The SMILES string of the molecule is CCC(C)(C)CNC(=O)c1cc(N)cc(Br)c1. The minimum absolute atomic E-state index is 0.0838. The highest BCUT2D eigenvalue weighted by Crippen LogP contribution is 2.19. The summed E-state index contributed by atoms with van der Waals surface area (Å²) in [5.41, 5.74) is 6.98. The number of nitrogen functional groups attached to an aromatic ring is 1. The minimum Gasteiger partial charge on any atom is -0.399 e. The average molecular weight is 299 g/mol. The van der Waals surface area contributed by atoms with Gasteiger partial charge in [-0.3, -0.25) is 4.79 Å². The summed E-state index contributed by atoms with van der Waals surface area (Å²) >= 11 is 3.33. The van der Waals surface area contributed by atoms with Gasteiger partial charge in [0.2, 0.25) is 0 Å². The monoisotopic (exact) mass is 298 g/mol. The largest absolute Gasteiger partial charge is 0.399 e. The fourth-order valence-electron chi connectivity index (χ4n) is 1.29. The number of amides is 1. The molecule has 0 unspecified atom stereocenters. The zero-order valence-corrected chi connectivity index (χ0v) is 12.1. The first-order chi connectivity index (χ1) is 7.84. The van der Waals surface area contributed by atoms with Crippen molar-refractivity contribution in [2.75, 3.05) is 12.3 Å². The molecule has 0 aliphatic rings. The molecule has 0 aliphatic carbocycles. The molecular formula is C13H19BrN2O. The van der Waals surface area contributed by atoms with E-state index in [1.165, 1.54) is 0 Å². The van der Waals surface area contributed by atoms with Crippen molar-refractivity contribution in [1.82, 2.24) is 5.32 Å². The molecule has 0 radical (unpaired) electrons. The minimum atomic E-state index is -0.0838. The lowest BCUT2D eigenvalue weighted by Crippen LogP contribution is -2.33. The van der Waals surface area contributed by atoms with Crippen molar-refractivity contribution in [1.29, 1.82) is 0 Å². The Kier molecular flexibility index (Phi) is 4.57. The van der Waals surface area contributed by atoms with Gasteiger partial charge in [0.15, 0.2) is 0 Å². The smallest absolute Gasteiger partial charge is 0.251 e. The number of carbonyl (C=O) groups is 1. The van der Waals surface area contributed by atoms with Gasteiger partial charge >= 0.3 is 0 Å². The van der Waals surface area contributed by atoms with Crippen molar-refractivity contribution in [2.24, 2.45) is 5.41 Å². The predicted molar refractivity (Wildman–Crippen MR) is 75.0 cm³/mol. The van der Waals surface area contributed by atoms with E-state index in [4.69, 9.17) is 5.73 Å². The number of halogens is 1. The van der Waals surface area contributed by atoms with E-state index in [1.807, 2.05) is 0 Å². The molecule has 1 rings (SSSR count). The molecule has 3 nitrogen and oxygen atoms in total. The van der Waals surface area contributed by atoms with Gasteiger partial charge in [-0.15, -0.1) is 0 Å². The molecule has 1 amide bonds. The van der Waals surface area contributed by atoms with E-state index in [1.54, 1.807) is 18.2 Å². The summed E-state index contributed by atoms with van der Waals surface area (Å²) in [6, 6.07) is 5.22. The number of rotatable bonds is 4. The summed E-state index contributed by atoms with van der Waals surface area (Å²) in [6.07, 6.45) is 1.02. The van der Waals surface area contributed by atoms with Crippen molar-refractivity contribution in [2.45, 2.75) is 27.2 Å². The molecule has 3 N–H and O–H groups in total. The van der Waals surface area contributed by atoms with Crippen molar-refractivity contribution < 1.29 is 4.79 Å². The van der Waals surface area contributed by atoms with Crippen molar-refractivity contribution in [3.05, 3.63) is 28.2 Å². The first kappa shape index (κ1) is 14.0. The fraction of sp³-hybridized carbons (Fsp3) is 0.462. The predicted octanol–water partition coefficient (Wildman–Crippen LogP) is 3.20. The van der Waals surface area contributed by atoms with Crippen LogP contribution in [0, 0.1) is 5.41 Å². The lowest BCUT2D eigenvalue weighted by Gasteiger charge is -2.22. The Morgan fingerprint density at radius 3 is 2.59 bits per heavy atom. The van der Waals surface area contributed by atoms with E-state index in [2.05, 4.69) is 42.0 Å². The molecule has 17 heavy (non-hydrogen) atoms. The van der Waals surface area contributed by atoms with Crippen LogP contribution in [-0.4, -0.2) is 12.5 Å². The normalized spacial score (nSPS) is 11.3. The van der Waals surface area contributed by atoms with Crippen LogP contribution < -0.4 is 11.1 Å². The summed E-state index contributed by atoms with van der Waals surface area (Å²) in [5, 5.41) is 2.93. The van der Waals surface area contributed by atoms with Gasteiger partial charge in [-0.25, -0.2) is 0 Å². The second-order valence-electron chi connectivity index (χ2n) is 4.97. The Morgan fingerprint density at radius 2 is 2.06 bits per heavy atom. The summed E-state index contributed by atoms with van der Waals surface area (Å²) in [4.78, 5) is 11.9. The van der Waals surface area contributed by atoms with Crippen LogP contribution in [0.25, 0.3) is 0 Å². The third-order valence-electron chi connectivity index (χ3n) is 2.87. The zero-order chi connectivity index (χ0) is 13.1. The highest BCUT2D eigenvalue weighted by molar-refractivity contribution is 9.10. The number of hydrogen-bond acceptors (Lipinski definition) is 2. The van der Waals surface area contributed by atoms with Gasteiger partial charge in [-0.1, -0.05) is 36.7 Å². The lowest BCUT2D eigenvalue weighted by atomic mass is 9.90.